The average molecular weight is 329 g/mol. The molecule has 0 unspecified atom stereocenters. The molecular weight excluding hydrogens is 310 g/mol. The molecule has 24 heavy (non-hydrogen) atoms. The van der Waals surface area contributed by atoms with Crippen LogP contribution < -0.4 is 5.63 Å². The van der Waals surface area contributed by atoms with Gasteiger partial charge in [-0.15, -0.1) is 0 Å². The van der Waals surface area contributed by atoms with Crippen molar-refractivity contribution in [2.75, 3.05) is 19.7 Å². The third-order valence-corrected chi connectivity index (χ3v) is 4.20. The van der Waals surface area contributed by atoms with Crippen molar-refractivity contribution in [1.82, 2.24) is 4.90 Å². The summed E-state index contributed by atoms with van der Waals surface area (Å²) < 4.78 is 10.3. The molecule has 0 N–H and O–H groups in total. The summed E-state index contributed by atoms with van der Waals surface area (Å²) in [4.78, 5) is 38.3. The fourth-order valence-corrected chi connectivity index (χ4v) is 3.00. The van der Waals surface area contributed by atoms with E-state index in [0.29, 0.717) is 37.0 Å². The minimum atomic E-state index is -0.656. The number of fused-ring (bicyclic) bond motifs is 1. The van der Waals surface area contributed by atoms with E-state index < -0.39 is 11.5 Å². The number of ether oxygens (including phenoxy) is 1. The maximum absolute atomic E-state index is 12.7. The number of amides is 1. The van der Waals surface area contributed by atoms with Crippen LogP contribution in [0, 0.1) is 5.92 Å². The molecule has 1 aromatic carbocycles. The Morgan fingerprint density at radius 1 is 1.33 bits per heavy atom. The Bertz CT molecular complexity index is 826. The maximum atomic E-state index is 12.7. The van der Waals surface area contributed by atoms with Crippen molar-refractivity contribution < 1.29 is 18.7 Å². The Kier molecular flexibility index (Phi) is 4.64. The predicted octanol–water partition coefficient (Wildman–Crippen LogP) is 2.21. The van der Waals surface area contributed by atoms with Gasteiger partial charge in [0, 0.05) is 18.5 Å². The van der Waals surface area contributed by atoms with E-state index in [-0.39, 0.29) is 24.0 Å². The minimum Gasteiger partial charge on any atom is -0.466 e. The highest BCUT2D eigenvalue weighted by Crippen LogP contribution is 2.20. The molecule has 2 heterocycles. The van der Waals surface area contributed by atoms with Crippen LogP contribution in [0.25, 0.3) is 11.0 Å². The lowest BCUT2D eigenvalue weighted by molar-refractivity contribution is -0.149. The summed E-state index contributed by atoms with van der Waals surface area (Å²) in [5.41, 5.74) is -0.211. The second-order valence-electron chi connectivity index (χ2n) is 5.83. The standard InChI is InChI=1S/C18H19NO5/c1-2-23-17(21)13-7-5-9-19(11-13)16(20)14-10-12-6-3-4-8-15(12)24-18(14)22/h3-4,6,8,10,13H,2,5,7,9,11H2,1H3/t13-/m0/s1. The molecule has 1 saturated heterocycles. The number of benzene rings is 1. The van der Waals surface area contributed by atoms with Crippen molar-refractivity contribution in [3.05, 3.63) is 46.3 Å². The lowest BCUT2D eigenvalue weighted by Gasteiger charge is -2.31. The average Bonchev–Trinajstić information content (AvgIpc) is 2.61. The number of carbonyl (C=O) groups excluding carboxylic acids is 2. The number of carbonyl (C=O) groups is 2. The zero-order chi connectivity index (χ0) is 17.1. The summed E-state index contributed by atoms with van der Waals surface area (Å²) >= 11 is 0. The van der Waals surface area contributed by atoms with Gasteiger partial charge in [-0.3, -0.25) is 9.59 Å². The summed E-state index contributed by atoms with van der Waals surface area (Å²) in [5, 5.41) is 0.694. The molecule has 0 aliphatic carbocycles. The second-order valence-corrected chi connectivity index (χ2v) is 5.83. The summed E-state index contributed by atoms with van der Waals surface area (Å²) in [6.07, 6.45) is 1.39. The highest BCUT2D eigenvalue weighted by Gasteiger charge is 2.31. The summed E-state index contributed by atoms with van der Waals surface area (Å²) in [7, 11) is 0. The Balaban J connectivity index is 1.84. The quantitative estimate of drug-likeness (QED) is 0.637. The summed E-state index contributed by atoms with van der Waals surface area (Å²) in [5.74, 6) is -1.03. The molecule has 6 nitrogen and oxygen atoms in total. The fourth-order valence-electron chi connectivity index (χ4n) is 3.00. The number of piperidine rings is 1. The molecule has 126 valence electrons. The molecular formula is C18H19NO5. The molecule has 1 amide bonds. The van der Waals surface area contributed by atoms with Crippen LogP contribution in [0.4, 0.5) is 0 Å². The van der Waals surface area contributed by atoms with Crippen LogP contribution in [0.1, 0.15) is 30.1 Å². The lowest BCUT2D eigenvalue weighted by Crippen LogP contribution is -2.44. The van der Waals surface area contributed by atoms with E-state index >= 15 is 0 Å². The molecule has 0 saturated carbocycles. The van der Waals surface area contributed by atoms with Crippen LogP contribution in [0.3, 0.4) is 0 Å². The van der Waals surface area contributed by atoms with Crippen LogP contribution in [-0.4, -0.2) is 36.5 Å². The Morgan fingerprint density at radius 3 is 2.92 bits per heavy atom. The highest BCUT2D eigenvalue weighted by atomic mass is 16.5. The molecule has 1 aliphatic rings. The predicted molar refractivity (Wildman–Crippen MR) is 87.7 cm³/mol. The molecule has 3 rings (SSSR count). The fraction of sp³-hybridized carbons (Fsp3) is 0.389. The van der Waals surface area contributed by atoms with Crippen molar-refractivity contribution in [2.45, 2.75) is 19.8 Å². The van der Waals surface area contributed by atoms with Crippen molar-refractivity contribution in [3.8, 4) is 0 Å². The Labute approximate surface area is 139 Å². The molecule has 6 heteroatoms. The van der Waals surface area contributed by atoms with E-state index in [1.54, 1.807) is 31.2 Å². The first-order valence-corrected chi connectivity index (χ1v) is 8.09. The van der Waals surface area contributed by atoms with Gasteiger partial charge in [0.15, 0.2) is 0 Å². The zero-order valence-corrected chi connectivity index (χ0v) is 13.5. The van der Waals surface area contributed by atoms with E-state index in [4.69, 9.17) is 9.15 Å². The van der Waals surface area contributed by atoms with Crippen LogP contribution in [-0.2, 0) is 9.53 Å². The van der Waals surface area contributed by atoms with Crippen LogP contribution >= 0.6 is 0 Å². The summed E-state index contributed by atoms with van der Waals surface area (Å²) in [6.45, 7) is 2.85. The van der Waals surface area contributed by atoms with E-state index in [2.05, 4.69) is 0 Å². The number of esters is 1. The van der Waals surface area contributed by atoms with E-state index in [0.717, 1.165) is 0 Å². The molecule has 1 aliphatic heterocycles. The van der Waals surface area contributed by atoms with E-state index in [1.807, 2.05) is 6.07 Å². The normalized spacial score (nSPS) is 17.7. The van der Waals surface area contributed by atoms with Crippen LogP contribution in [0.2, 0.25) is 0 Å². The maximum Gasteiger partial charge on any atom is 0.349 e. The molecule has 2 aromatic rings. The number of nitrogens with zero attached hydrogens (tertiary/aromatic N) is 1. The molecule has 0 radical (unpaired) electrons. The highest BCUT2D eigenvalue weighted by molar-refractivity contribution is 5.97. The van der Waals surface area contributed by atoms with Gasteiger partial charge in [-0.05, 0) is 31.9 Å². The van der Waals surface area contributed by atoms with Gasteiger partial charge in [-0.2, -0.15) is 0 Å². The molecule has 0 spiro atoms. The SMILES string of the molecule is CCOC(=O)[C@H]1CCCN(C(=O)c2cc3ccccc3oc2=O)C1. The van der Waals surface area contributed by atoms with Gasteiger partial charge in [0.1, 0.15) is 11.1 Å². The molecule has 1 aromatic heterocycles. The molecule has 1 atom stereocenters. The third kappa shape index (κ3) is 3.18. The van der Waals surface area contributed by atoms with Gasteiger partial charge in [0.25, 0.3) is 5.91 Å². The number of rotatable bonds is 3. The van der Waals surface area contributed by atoms with Crippen molar-refractivity contribution in [2.24, 2.45) is 5.92 Å². The van der Waals surface area contributed by atoms with Gasteiger partial charge < -0.3 is 14.1 Å². The first-order chi connectivity index (χ1) is 11.6. The van der Waals surface area contributed by atoms with Gasteiger partial charge in [0.2, 0.25) is 0 Å². The monoisotopic (exact) mass is 329 g/mol. The zero-order valence-electron chi connectivity index (χ0n) is 13.5. The topological polar surface area (TPSA) is 76.8 Å². The lowest BCUT2D eigenvalue weighted by atomic mass is 9.97. The molecule has 1 fully saturated rings. The third-order valence-electron chi connectivity index (χ3n) is 4.20. The van der Waals surface area contributed by atoms with Crippen LogP contribution in [0.15, 0.2) is 39.5 Å². The van der Waals surface area contributed by atoms with E-state index in [9.17, 15) is 14.4 Å². The van der Waals surface area contributed by atoms with Gasteiger partial charge in [-0.25, -0.2) is 4.79 Å². The van der Waals surface area contributed by atoms with Gasteiger partial charge in [-0.1, -0.05) is 18.2 Å². The van der Waals surface area contributed by atoms with Crippen molar-refractivity contribution in [3.63, 3.8) is 0 Å². The van der Waals surface area contributed by atoms with E-state index in [1.165, 1.54) is 4.90 Å². The first-order valence-electron chi connectivity index (χ1n) is 8.09. The number of hydrogen-bond acceptors (Lipinski definition) is 5. The molecule has 0 bridgehead atoms. The first kappa shape index (κ1) is 16.2. The number of para-hydroxylation sites is 1. The number of hydrogen-bond donors (Lipinski definition) is 0. The van der Waals surface area contributed by atoms with Gasteiger partial charge in [0.05, 0.1) is 12.5 Å². The number of likely N-dealkylation sites (tertiary alicyclic amines) is 1. The Hall–Kier alpha value is -2.63. The smallest absolute Gasteiger partial charge is 0.349 e. The summed E-state index contributed by atoms with van der Waals surface area (Å²) in [6, 6.07) is 8.60. The largest absolute Gasteiger partial charge is 0.466 e. The second kappa shape index (κ2) is 6.86. The van der Waals surface area contributed by atoms with Crippen molar-refractivity contribution >= 4 is 22.8 Å². The van der Waals surface area contributed by atoms with Crippen LogP contribution in [0.5, 0.6) is 0 Å². The van der Waals surface area contributed by atoms with Gasteiger partial charge >= 0.3 is 11.6 Å². The Morgan fingerprint density at radius 2 is 2.12 bits per heavy atom. The minimum absolute atomic E-state index is 0.00166. The van der Waals surface area contributed by atoms with Crippen molar-refractivity contribution in [1.29, 1.82) is 0 Å².